The van der Waals surface area contributed by atoms with Crippen LogP contribution in [-0.2, 0) is 4.74 Å². The molecule has 0 spiro atoms. The first kappa shape index (κ1) is 16.5. The van der Waals surface area contributed by atoms with Crippen molar-refractivity contribution in [1.29, 1.82) is 0 Å². The summed E-state index contributed by atoms with van der Waals surface area (Å²) in [7, 11) is 0. The van der Waals surface area contributed by atoms with E-state index in [1.165, 1.54) is 6.07 Å². The third kappa shape index (κ3) is 4.57. The fraction of sp³-hybridized carbons (Fsp3) is 0.222. The van der Waals surface area contributed by atoms with Gasteiger partial charge in [0.05, 0.1) is 24.3 Å². The molecule has 5 nitrogen and oxygen atoms in total. The van der Waals surface area contributed by atoms with Gasteiger partial charge in [-0.2, -0.15) is 0 Å². The summed E-state index contributed by atoms with van der Waals surface area (Å²) in [6, 6.07) is 13.0. The number of benzene rings is 2. The molecule has 2 rings (SSSR count). The number of ether oxygens (including phenoxy) is 3. The number of esters is 2. The first-order chi connectivity index (χ1) is 11.1. The molecular formula is C18H18O5. The molecule has 0 amide bonds. The van der Waals surface area contributed by atoms with E-state index in [1.807, 2.05) is 6.92 Å². The third-order valence-electron chi connectivity index (χ3n) is 2.96. The summed E-state index contributed by atoms with van der Waals surface area (Å²) in [5.74, 6) is 0.0170. The zero-order chi connectivity index (χ0) is 16.7. The highest BCUT2D eigenvalue weighted by molar-refractivity contribution is 5.92. The molecule has 5 heteroatoms. The number of hydrogen-bond donors (Lipinski definition) is 0. The topological polar surface area (TPSA) is 61.8 Å². The molecule has 0 heterocycles. The third-order valence-corrected chi connectivity index (χ3v) is 2.96. The molecule has 0 aromatic heterocycles. The Labute approximate surface area is 134 Å². The Morgan fingerprint density at radius 3 is 2.22 bits per heavy atom. The summed E-state index contributed by atoms with van der Waals surface area (Å²) in [5, 5.41) is 0. The zero-order valence-electron chi connectivity index (χ0n) is 13.1. The summed E-state index contributed by atoms with van der Waals surface area (Å²) in [5.41, 5.74) is 0.735. The van der Waals surface area contributed by atoms with Crippen molar-refractivity contribution in [3.05, 3.63) is 59.7 Å². The second-order valence-electron chi connectivity index (χ2n) is 4.60. The number of carbonyl (C=O) groups is 2. The van der Waals surface area contributed by atoms with Crippen molar-refractivity contribution in [2.75, 3.05) is 13.2 Å². The lowest BCUT2D eigenvalue weighted by atomic mass is 10.2. The molecule has 0 N–H and O–H groups in total. The molecule has 0 saturated carbocycles. The average molecular weight is 314 g/mol. The summed E-state index contributed by atoms with van der Waals surface area (Å²) in [4.78, 5) is 23.8. The Morgan fingerprint density at radius 1 is 0.826 bits per heavy atom. The van der Waals surface area contributed by atoms with Gasteiger partial charge in [-0.1, -0.05) is 6.07 Å². The first-order valence-corrected chi connectivity index (χ1v) is 7.36. The zero-order valence-corrected chi connectivity index (χ0v) is 13.1. The van der Waals surface area contributed by atoms with Crippen LogP contribution in [0.5, 0.6) is 11.5 Å². The molecule has 0 aliphatic heterocycles. The van der Waals surface area contributed by atoms with E-state index in [1.54, 1.807) is 49.4 Å². The van der Waals surface area contributed by atoms with Gasteiger partial charge in [-0.3, -0.25) is 0 Å². The van der Waals surface area contributed by atoms with Crippen LogP contribution in [0.15, 0.2) is 48.5 Å². The minimum absolute atomic E-state index is 0.287. The average Bonchev–Trinajstić information content (AvgIpc) is 2.56. The monoisotopic (exact) mass is 314 g/mol. The van der Waals surface area contributed by atoms with Crippen molar-refractivity contribution in [3.63, 3.8) is 0 Å². The van der Waals surface area contributed by atoms with Crippen molar-refractivity contribution in [3.8, 4) is 11.5 Å². The van der Waals surface area contributed by atoms with Gasteiger partial charge in [-0.15, -0.1) is 0 Å². The van der Waals surface area contributed by atoms with Crippen LogP contribution in [-0.4, -0.2) is 25.2 Å². The van der Waals surface area contributed by atoms with E-state index < -0.39 is 11.9 Å². The summed E-state index contributed by atoms with van der Waals surface area (Å²) >= 11 is 0. The van der Waals surface area contributed by atoms with E-state index in [4.69, 9.17) is 14.2 Å². The van der Waals surface area contributed by atoms with Gasteiger partial charge in [0, 0.05) is 0 Å². The first-order valence-electron chi connectivity index (χ1n) is 7.36. The van der Waals surface area contributed by atoms with Crippen LogP contribution in [0.3, 0.4) is 0 Å². The van der Waals surface area contributed by atoms with Gasteiger partial charge >= 0.3 is 11.9 Å². The predicted octanol–water partition coefficient (Wildman–Crippen LogP) is 3.48. The van der Waals surface area contributed by atoms with Gasteiger partial charge in [-0.25, -0.2) is 9.59 Å². The Bertz CT molecular complexity index is 676. The van der Waals surface area contributed by atoms with Crippen molar-refractivity contribution in [2.24, 2.45) is 0 Å². The lowest BCUT2D eigenvalue weighted by Gasteiger charge is -2.07. The lowest BCUT2D eigenvalue weighted by molar-refractivity contribution is 0.0524. The fourth-order valence-electron chi connectivity index (χ4n) is 1.92. The highest BCUT2D eigenvalue weighted by Crippen LogP contribution is 2.17. The van der Waals surface area contributed by atoms with Gasteiger partial charge < -0.3 is 14.2 Å². The second kappa shape index (κ2) is 7.98. The van der Waals surface area contributed by atoms with Gasteiger partial charge in [-0.05, 0) is 56.3 Å². The smallest absolute Gasteiger partial charge is 0.343 e. The predicted molar refractivity (Wildman–Crippen MR) is 85.0 cm³/mol. The summed E-state index contributed by atoms with van der Waals surface area (Å²) in [6.45, 7) is 4.46. The Hall–Kier alpha value is -2.82. The highest BCUT2D eigenvalue weighted by atomic mass is 16.5. The van der Waals surface area contributed by atoms with E-state index in [2.05, 4.69) is 0 Å². The van der Waals surface area contributed by atoms with E-state index in [0.29, 0.717) is 23.5 Å². The van der Waals surface area contributed by atoms with E-state index in [9.17, 15) is 9.59 Å². The maximum atomic E-state index is 12.1. The standard InChI is InChI=1S/C18H18O5/c1-3-21-15-10-8-13(9-11-15)18(20)23-16-7-5-6-14(12-16)17(19)22-4-2/h5-12H,3-4H2,1-2H3. The molecule has 2 aromatic rings. The number of rotatable bonds is 6. The van der Waals surface area contributed by atoms with E-state index >= 15 is 0 Å². The van der Waals surface area contributed by atoms with E-state index in [-0.39, 0.29) is 12.4 Å². The maximum Gasteiger partial charge on any atom is 0.343 e. The fourth-order valence-corrected chi connectivity index (χ4v) is 1.92. The normalized spacial score (nSPS) is 10.0. The van der Waals surface area contributed by atoms with Gasteiger partial charge in [0.1, 0.15) is 11.5 Å². The van der Waals surface area contributed by atoms with Crippen LogP contribution in [0.25, 0.3) is 0 Å². The van der Waals surface area contributed by atoms with Crippen LogP contribution in [0, 0.1) is 0 Å². The molecular weight excluding hydrogens is 296 g/mol. The number of carbonyl (C=O) groups excluding carboxylic acids is 2. The molecule has 0 aliphatic carbocycles. The van der Waals surface area contributed by atoms with Crippen LogP contribution in [0.2, 0.25) is 0 Å². The molecule has 0 unspecified atom stereocenters. The second-order valence-corrected chi connectivity index (χ2v) is 4.60. The van der Waals surface area contributed by atoms with Gasteiger partial charge in [0.15, 0.2) is 0 Å². The molecule has 0 atom stereocenters. The van der Waals surface area contributed by atoms with Crippen molar-refractivity contribution in [1.82, 2.24) is 0 Å². The van der Waals surface area contributed by atoms with Crippen LogP contribution in [0.4, 0.5) is 0 Å². The quantitative estimate of drug-likeness (QED) is 0.603. The number of hydrogen-bond acceptors (Lipinski definition) is 5. The molecule has 23 heavy (non-hydrogen) atoms. The molecule has 2 aromatic carbocycles. The minimum Gasteiger partial charge on any atom is -0.494 e. The van der Waals surface area contributed by atoms with Crippen LogP contribution < -0.4 is 9.47 Å². The summed E-state index contributed by atoms with van der Waals surface area (Å²) in [6.07, 6.45) is 0. The molecule has 0 radical (unpaired) electrons. The molecule has 0 saturated heterocycles. The molecule has 0 fully saturated rings. The Kier molecular flexibility index (Phi) is 5.74. The Morgan fingerprint density at radius 2 is 1.57 bits per heavy atom. The van der Waals surface area contributed by atoms with Crippen LogP contribution >= 0.6 is 0 Å². The maximum absolute atomic E-state index is 12.1. The Balaban J connectivity index is 2.07. The van der Waals surface area contributed by atoms with Crippen LogP contribution in [0.1, 0.15) is 34.6 Å². The minimum atomic E-state index is -0.506. The van der Waals surface area contributed by atoms with Crippen molar-refractivity contribution in [2.45, 2.75) is 13.8 Å². The largest absolute Gasteiger partial charge is 0.494 e. The van der Waals surface area contributed by atoms with Crippen molar-refractivity contribution >= 4 is 11.9 Å². The molecule has 120 valence electrons. The highest BCUT2D eigenvalue weighted by Gasteiger charge is 2.11. The SMILES string of the molecule is CCOC(=O)c1cccc(OC(=O)c2ccc(OCC)cc2)c1. The van der Waals surface area contributed by atoms with Crippen molar-refractivity contribution < 1.29 is 23.8 Å². The molecule has 0 aliphatic rings. The van der Waals surface area contributed by atoms with Gasteiger partial charge in [0.2, 0.25) is 0 Å². The van der Waals surface area contributed by atoms with Gasteiger partial charge in [0.25, 0.3) is 0 Å². The van der Waals surface area contributed by atoms with E-state index in [0.717, 1.165) is 0 Å². The summed E-state index contributed by atoms with van der Waals surface area (Å²) < 4.78 is 15.5. The lowest BCUT2D eigenvalue weighted by Crippen LogP contribution is -2.10. The molecule has 0 bridgehead atoms.